The topological polar surface area (TPSA) is 54.1 Å². The second kappa shape index (κ2) is 4.81. The molecule has 1 aliphatic rings. The van der Waals surface area contributed by atoms with Crippen molar-refractivity contribution in [2.75, 3.05) is 12.4 Å². The second-order valence-electron chi connectivity index (χ2n) is 5.27. The van der Waals surface area contributed by atoms with E-state index in [9.17, 15) is 4.79 Å². The molecule has 0 amide bonds. The zero-order chi connectivity index (χ0) is 15.3. The van der Waals surface area contributed by atoms with Gasteiger partial charge in [-0.25, -0.2) is 0 Å². The molecule has 0 aliphatic carbocycles. The Labute approximate surface area is 131 Å². The molecular formula is C17H14N2O2S. The van der Waals surface area contributed by atoms with Gasteiger partial charge in [-0.15, -0.1) is 0 Å². The zero-order valence-electron chi connectivity index (χ0n) is 12.2. The fraction of sp³-hybridized carbons (Fsp3) is 0.118. The van der Waals surface area contributed by atoms with E-state index in [4.69, 9.17) is 4.74 Å². The number of anilines is 2. The van der Waals surface area contributed by atoms with E-state index in [-0.39, 0.29) is 5.56 Å². The van der Waals surface area contributed by atoms with Crippen molar-refractivity contribution < 1.29 is 4.74 Å². The molecule has 0 spiro atoms. The highest BCUT2D eigenvalue weighted by molar-refractivity contribution is 7.99. The van der Waals surface area contributed by atoms with E-state index in [0.717, 1.165) is 27.2 Å². The van der Waals surface area contributed by atoms with E-state index in [1.807, 2.05) is 31.2 Å². The molecule has 5 heteroatoms. The second-order valence-corrected chi connectivity index (χ2v) is 6.32. The minimum absolute atomic E-state index is 0.100. The molecule has 0 radical (unpaired) electrons. The van der Waals surface area contributed by atoms with Crippen LogP contribution in [-0.2, 0) is 0 Å². The quantitative estimate of drug-likeness (QED) is 0.557. The summed E-state index contributed by atoms with van der Waals surface area (Å²) in [4.78, 5) is 17.2. The van der Waals surface area contributed by atoms with Gasteiger partial charge in [0.05, 0.1) is 24.0 Å². The van der Waals surface area contributed by atoms with Gasteiger partial charge in [0.15, 0.2) is 0 Å². The van der Waals surface area contributed by atoms with Gasteiger partial charge < -0.3 is 15.0 Å². The highest BCUT2D eigenvalue weighted by Gasteiger charge is 2.22. The molecule has 0 saturated heterocycles. The van der Waals surface area contributed by atoms with Crippen LogP contribution in [0.4, 0.5) is 11.4 Å². The minimum Gasteiger partial charge on any atom is -0.495 e. The predicted octanol–water partition coefficient (Wildman–Crippen LogP) is 4.05. The molecule has 0 bridgehead atoms. The summed E-state index contributed by atoms with van der Waals surface area (Å²) in [6.45, 7) is 2.05. The number of H-pyrrole nitrogens is 1. The Bertz CT molecular complexity index is 963. The summed E-state index contributed by atoms with van der Waals surface area (Å²) in [6.07, 6.45) is 0. The highest BCUT2D eigenvalue weighted by Crippen LogP contribution is 2.45. The Morgan fingerprint density at radius 2 is 2.05 bits per heavy atom. The first kappa shape index (κ1) is 13.3. The van der Waals surface area contributed by atoms with Crippen LogP contribution in [0.2, 0.25) is 0 Å². The van der Waals surface area contributed by atoms with Crippen molar-refractivity contribution in [2.45, 2.75) is 16.7 Å². The molecule has 1 aliphatic heterocycles. The summed E-state index contributed by atoms with van der Waals surface area (Å²) in [5.41, 5.74) is 3.67. The maximum atomic E-state index is 12.5. The number of hydrogen-bond donors (Lipinski definition) is 2. The van der Waals surface area contributed by atoms with Gasteiger partial charge in [-0.05, 0) is 30.7 Å². The molecule has 0 saturated carbocycles. The van der Waals surface area contributed by atoms with E-state index >= 15 is 0 Å². The molecule has 4 nitrogen and oxygen atoms in total. The van der Waals surface area contributed by atoms with Crippen LogP contribution in [0.1, 0.15) is 5.56 Å². The summed E-state index contributed by atoms with van der Waals surface area (Å²) in [5.74, 6) is 0.666. The van der Waals surface area contributed by atoms with E-state index in [2.05, 4.69) is 22.4 Å². The lowest BCUT2D eigenvalue weighted by atomic mass is 10.1. The van der Waals surface area contributed by atoms with Gasteiger partial charge in [-0.1, -0.05) is 30.0 Å². The summed E-state index contributed by atoms with van der Waals surface area (Å²) in [7, 11) is 1.60. The average Bonchev–Trinajstić information content (AvgIpc) is 2.53. The third-order valence-corrected chi connectivity index (χ3v) is 4.95. The van der Waals surface area contributed by atoms with Crippen LogP contribution in [-0.4, -0.2) is 12.1 Å². The third-order valence-electron chi connectivity index (χ3n) is 3.80. The summed E-state index contributed by atoms with van der Waals surface area (Å²) < 4.78 is 5.35. The molecule has 2 heterocycles. The number of ether oxygens (including phenoxy) is 1. The van der Waals surface area contributed by atoms with Gasteiger partial charge in [0.25, 0.3) is 5.56 Å². The molecule has 22 heavy (non-hydrogen) atoms. The third kappa shape index (κ3) is 1.89. The van der Waals surface area contributed by atoms with Crippen molar-refractivity contribution in [1.82, 2.24) is 4.98 Å². The van der Waals surface area contributed by atoms with Crippen LogP contribution in [0.5, 0.6) is 5.75 Å². The van der Waals surface area contributed by atoms with Crippen LogP contribution in [0, 0.1) is 6.92 Å². The first-order valence-electron chi connectivity index (χ1n) is 6.96. The number of pyridine rings is 1. The Hall–Kier alpha value is -2.40. The first-order chi connectivity index (χ1) is 10.7. The van der Waals surface area contributed by atoms with E-state index in [1.54, 1.807) is 7.11 Å². The van der Waals surface area contributed by atoms with E-state index in [0.29, 0.717) is 10.6 Å². The average molecular weight is 310 g/mol. The molecule has 3 aromatic rings. The lowest BCUT2D eigenvalue weighted by molar-refractivity contribution is 0.419. The largest absolute Gasteiger partial charge is 0.495 e. The normalized spacial score (nSPS) is 12.5. The van der Waals surface area contributed by atoms with Gasteiger partial charge in [-0.3, -0.25) is 4.79 Å². The number of para-hydroxylation sites is 1. The Morgan fingerprint density at radius 1 is 1.18 bits per heavy atom. The molecule has 0 atom stereocenters. The van der Waals surface area contributed by atoms with Crippen LogP contribution in [0.15, 0.2) is 51.0 Å². The van der Waals surface area contributed by atoms with E-state index < -0.39 is 0 Å². The van der Waals surface area contributed by atoms with Crippen molar-refractivity contribution in [3.05, 3.63) is 52.3 Å². The van der Waals surface area contributed by atoms with Crippen LogP contribution in [0.25, 0.3) is 10.9 Å². The molecule has 1 aromatic heterocycles. The fourth-order valence-corrected chi connectivity index (χ4v) is 3.83. The molecule has 2 aromatic carbocycles. The summed E-state index contributed by atoms with van der Waals surface area (Å²) in [6, 6.07) is 12.0. The summed E-state index contributed by atoms with van der Waals surface area (Å²) >= 11 is 1.50. The maximum Gasteiger partial charge on any atom is 0.264 e. The van der Waals surface area contributed by atoms with Crippen LogP contribution < -0.4 is 15.6 Å². The van der Waals surface area contributed by atoms with Crippen LogP contribution in [0.3, 0.4) is 0 Å². The number of hydrogen-bond acceptors (Lipinski definition) is 4. The smallest absolute Gasteiger partial charge is 0.264 e. The molecule has 110 valence electrons. The number of aryl methyl sites for hydroxylation is 1. The number of rotatable bonds is 1. The molecule has 4 rings (SSSR count). The number of nitrogens with one attached hydrogen (secondary N) is 2. The molecule has 0 fully saturated rings. The highest BCUT2D eigenvalue weighted by atomic mass is 32.2. The van der Waals surface area contributed by atoms with Crippen molar-refractivity contribution >= 4 is 34.0 Å². The van der Waals surface area contributed by atoms with Crippen molar-refractivity contribution in [2.24, 2.45) is 0 Å². The van der Waals surface area contributed by atoms with Gasteiger partial charge >= 0.3 is 0 Å². The Kier molecular flexibility index (Phi) is 2.90. The fourth-order valence-electron chi connectivity index (χ4n) is 2.73. The molecule has 0 unspecified atom stereocenters. The van der Waals surface area contributed by atoms with Gasteiger partial charge in [0.1, 0.15) is 10.6 Å². The number of methoxy groups -OCH3 is 1. The van der Waals surface area contributed by atoms with Crippen molar-refractivity contribution in [3.8, 4) is 5.75 Å². The Balaban J connectivity index is 2.01. The lowest BCUT2D eigenvalue weighted by Gasteiger charge is -2.22. The first-order valence-corrected chi connectivity index (χ1v) is 7.77. The SMILES string of the molecule is COc1cccc2c3c(c(=O)[nH]c12)Sc1cc(C)ccc1N3. The summed E-state index contributed by atoms with van der Waals surface area (Å²) in [5, 5.41) is 4.36. The molecule has 2 N–H and O–H groups in total. The van der Waals surface area contributed by atoms with Gasteiger partial charge in [0.2, 0.25) is 0 Å². The standard InChI is InChI=1S/C17H14N2O2S/c1-9-6-7-11-13(8-9)22-16-15(18-11)10-4-3-5-12(21-2)14(10)19-17(16)20/h3-8,18H,1-2H3,(H,19,20). The Morgan fingerprint density at radius 3 is 2.86 bits per heavy atom. The van der Waals surface area contributed by atoms with Crippen molar-refractivity contribution in [3.63, 3.8) is 0 Å². The van der Waals surface area contributed by atoms with Gasteiger partial charge in [0, 0.05) is 10.3 Å². The van der Waals surface area contributed by atoms with Crippen molar-refractivity contribution in [1.29, 1.82) is 0 Å². The number of benzene rings is 2. The zero-order valence-corrected chi connectivity index (χ0v) is 13.0. The van der Waals surface area contributed by atoms with E-state index in [1.165, 1.54) is 17.3 Å². The van der Waals surface area contributed by atoms with Crippen LogP contribution >= 0.6 is 11.8 Å². The molecular weight excluding hydrogens is 296 g/mol. The lowest BCUT2D eigenvalue weighted by Crippen LogP contribution is -2.14. The number of fused-ring (bicyclic) bond motifs is 4. The maximum absolute atomic E-state index is 12.5. The monoisotopic (exact) mass is 310 g/mol. The van der Waals surface area contributed by atoms with Gasteiger partial charge in [-0.2, -0.15) is 0 Å². The number of aromatic amines is 1. The predicted molar refractivity (Wildman–Crippen MR) is 89.7 cm³/mol. The number of aromatic nitrogens is 1. The minimum atomic E-state index is -0.100.